The van der Waals surface area contributed by atoms with Gasteiger partial charge < -0.3 is 15.2 Å². The smallest absolute Gasteiger partial charge is 0.229 e. The van der Waals surface area contributed by atoms with Crippen LogP contribution in [-0.4, -0.2) is 29.8 Å². The van der Waals surface area contributed by atoms with Crippen molar-refractivity contribution in [3.8, 4) is 0 Å². The van der Waals surface area contributed by atoms with E-state index in [9.17, 15) is 0 Å². The van der Waals surface area contributed by atoms with Gasteiger partial charge in [-0.1, -0.05) is 43.3 Å². The van der Waals surface area contributed by atoms with Gasteiger partial charge in [0.15, 0.2) is 5.82 Å². The van der Waals surface area contributed by atoms with Crippen molar-refractivity contribution in [2.75, 3.05) is 19.6 Å². The van der Waals surface area contributed by atoms with Crippen molar-refractivity contribution in [2.24, 2.45) is 0 Å². The summed E-state index contributed by atoms with van der Waals surface area (Å²) in [6.45, 7) is 8.47. The van der Waals surface area contributed by atoms with E-state index < -0.39 is 0 Å². The average Bonchev–Trinajstić information content (AvgIpc) is 3.14. The molecule has 24 heavy (non-hydrogen) atoms. The van der Waals surface area contributed by atoms with Gasteiger partial charge in [-0.3, -0.25) is 0 Å². The van der Waals surface area contributed by atoms with Crippen molar-refractivity contribution >= 4 is 0 Å². The van der Waals surface area contributed by atoms with Gasteiger partial charge in [-0.05, 0) is 50.0 Å². The fourth-order valence-electron chi connectivity index (χ4n) is 3.14. The lowest BCUT2D eigenvalue weighted by atomic mass is 9.98. The number of aromatic nitrogens is 2. The molecule has 0 amide bonds. The Morgan fingerprint density at radius 1 is 1.04 bits per heavy atom. The monoisotopic (exact) mass is 328 g/mol. The molecule has 3 heterocycles. The quantitative estimate of drug-likeness (QED) is 0.887. The highest BCUT2D eigenvalue weighted by Crippen LogP contribution is 2.24. The number of nitrogens with one attached hydrogen (secondary N) is 2. The molecule has 0 aliphatic carbocycles. The normalized spacial score (nSPS) is 18.0. The number of piperidine rings is 1. The first-order valence-electron chi connectivity index (χ1n) is 9.05. The molecule has 4 rings (SSSR count). The Kier molecular flexibility index (Phi) is 5.99. The molecule has 1 aromatic carbocycles. The van der Waals surface area contributed by atoms with Crippen LogP contribution in [0.4, 0.5) is 0 Å². The van der Waals surface area contributed by atoms with E-state index in [2.05, 4.69) is 58.9 Å². The van der Waals surface area contributed by atoms with Crippen LogP contribution in [0, 0.1) is 0 Å². The predicted octanol–water partition coefficient (Wildman–Crippen LogP) is 2.99. The van der Waals surface area contributed by atoms with Crippen molar-refractivity contribution in [3.63, 3.8) is 0 Å². The summed E-state index contributed by atoms with van der Waals surface area (Å²) >= 11 is 0. The van der Waals surface area contributed by atoms with Gasteiger partial charge in [-0.2, -0.15) is 4.98 Å². The van der Waals surface area contributed by atoms with E-state index in [1.807, 2.05) is 0 Å². The Morgan fingerprint density at radius 2 is 1.79 bits per heavy atom. The molecule has 0 unspecified atom stereocenters. The molecule has 0 radical (unpaired) electrons. The molecule has 0 bridgehead atoms. The molecular formula is C19H28N4O. The van der Waals surface area contributed by atoms with Crippen molar-refractivity contribution in [3.05, 3.63) is 47.1 Å². The van der Waals surface area contributed by atoms with Gasteiger partial charge in [0.05, 0.1) is 0 Å². The summed E-state index contributed by atoms with van der Waals surface area (Å²) < 4.78 is 5.28. The van der Waals surface area contributed by atoms with E-state index >= 15 is 0 Å². The fraction of sp³-hybridized carbons (Fsp3) is 0.579. The molecular weight excluding hydrogens is 300 g/mol. The maximum Gasteiger partial charge on any atom is 0.229 e. The molecule has 5 heteroatoms. The van der Waals surface area contributed by atoms with Crippen LogP contribution in [0.5, 0.6) is 0 Å². The van der Waals surface area contributed by atoms with E-state index in [0.29, 0.717) is 11.8 Å². The molecule has 1 fully saturated rings. The molecule has 2 aliphatic rings. The number of hydrogen-bond donors (Lipinski definition) is 2. The van der Waals surface area contributed by atoms with Crippen LogP contribution >= 0.6 is 0 Å². The SMILES string of the molecule is CC(C)c1noc(C2CCNCC2)n1.c1ccc2c(c1)CCNC2. The lowest BCUT2D eigenvalue weighted by molar-refractivity contribution is 0.317. The molecule has 0 spiro atoms. The molecule has 2 aliphatic heterocycles. The van der Waals surface area contributed by atoms with Crippen molar-refractivity contribution in [2.45, 2.75) is 51.5 Å². The van der Waals surface area contributed by atoms with Gasteiger partial charge in [0.1, 0.15) is 0 Å². The second-order valence-corrected chi connectivity index (χ2v) is 6.87. The molecule has 2 N–H and O–H groups in total. The largest absolute Gasteiger partial charge is 0.339 e. The Hall–Kier alpha value is -1.72. The van der Waals surface area contributed by atoms with E-state index in [1.165, 1.54) is 17.5 Å². The van der Waals surface area contributed by atoms with Gasteiger partial charge in [-0.25, -0.2) is 0 Å². The number of rotatable bonds is 2. The zero-order valence-electron chi connectivity index (χ0n) is 14.7. The fourth-order valence-corrected chi connectivity index (χ4v) is 3.14. The summed E-state index contributed by atoms with van der Waals surface area (Å²) in [5, 5.41) is 10.6. The van der Waals surface area contributed by atoms with Crippen LogP contribution < -0.4 is 10.6 Å². The van der Waals surface area contributed by atoms with Gasteiger partial charge in [-0.15, -0.1) is 0 Å². The first-order valence-corrected chi connectivity index (χ1v) is 9.05. The number of benzene rings is 1. The standard InChI is InChI=1S/C10H17N3O.C9H11N/c1-7(2)9-12-10(14-13-9)8-3-5-11-6-4-8;1-2-4-9-7-10-6-5-8(9)3-1/h7-8,11H,3-6H2,1-2H3;1-4,10H,5-7H2. The van der Waals surface area contributed by atoms with Crippen molar-refractivity contribution < 1.29 is 4.52 Å². The Balaban J connectivity index is 0.000000149. The molecule has 0 atom stereocenters. The number of fused-ring (bicyclic) bond motifs is 1. The third-order valence-electron chi connectivity index (χ3n) is 4.67. The van der Waals surface area contributed by atoms with Gasteiger partial charge in [0, 0.05) is 18.4 Å². The van der Waals surface area contributed by atoms with Gasteiger partial charge in [0.2, 0.25) is 5.89 Å². The third-order valence-corrected chi connectivity index (χ3v) is 4.67. The van der Waals surface area contributed by atoms with Crippen LogP contribution in [0.15, 0.2) is 28.8 Å². The van der Waals surface area contributed by atoms with Crippen LogP contribution in [0.1, 0.15) is 61.4 Å². The highest BCUT2D eigenvalue weighted by Gasteiger charge is 2.21. The number of hydrogen-bond acceptors (Lipinski definition) is 5. The third kappa shape index (κ3) is 4.42. The first-order chi connectivity index (χ1) is 11.7. The summed E-state index contributed by atoms with van der Waals surface area (Å²) in [6, 6.07) is 8.63. The van der Waals surface area contributed by atoms with Crippen molar-refractivity contribution in [1.82, 2.24) is 20.8 Å². The van der Waals surface area contributed by atoms with Crippen LogP contribution in [0.25, 0.3) is 0 Å². The second kappa shape index (κ2) is 8.40. The summed E-state index contributed by atoms with van der Waals surface area (Å²) in [5.41, 5.74) is 2.98. The van der Waals surface area contributed by atoms with Crippen LogP contribution in [0.2, 0.25) is 0 Å². The second-order valence-electron chi connectivity index (χ2n) is 6.87. The molecule has 5 nitrogen and oxygen atoms in total. The lowest BCUT2D eigenvalue weighted by Crippen LogP contribution is -2.26. The molecule has 2 aromatic rings. The molecule has 130 valence electrons. The van der Waals surface area contributed by atoms with E-state index in [0.717, 1.165) is 50.7 Å². The highest BCUT2D eigenvalue weighted by molar-refractivity contribution is 5.28. The summed E-state index contributed by atoms with van der Waals surface area (Å²) in [6.07, 6.45) is 3.41. The lowest BCUT2D eigenvalue weighted by Gasteiger charge is -2.18. The average molecular weight is 328 g/mol. The molecule has 0 saturated carbocycles. The summed E-state index contributed by atoms with van der Waals surface area (Å²) in [7, 11) is 0. The first kappa shape index (κ1) is 17.1. The van der Waals surface area contributed by atoms with E-state index in [4.69, 9.17) is 4.52 Å². The minimum atomic E-state index is 0.356. The minimum absolute atomic E-state index is 0.356. The maximum atomic E-state index is 5.28. The molecule has 1 saturated heterocycles. The molecule has 1 aromatic heterocycles. The minimum Gasteiger partial charge on any atom is -0.339 e. The Morgan fingerprint density at radius 3 is 2.46 bits per heavy atom. The van der Waals surface area contributed by atoms with Gasteiger partial charge in [0.25, 0.3) is 0 Å². The zero-order chi connectivity index (χ0) is 16.8. The summed E-state index contributed by atoms with van der Waals surface area (Å²) in [4.78, 5) is 4.43. The topological polar surface area (TPSA) is 63.0 Å². The van der Waals surface area contributed by atoms with E-state index in [-0.39, 0.29) is 0 Å². The van der Waals surface area contributed by atoms with Crippen molar-refractivity contribution in [1.29, 1.82) is 0 Å². The van der Waals surface area contributed by atoms with Gasteiger partial charge >= 0.3 is 0 Å². The van der Waals surface area contributed by atoms with Crippen LogP contribution in [-0.2, 0) is 13.0 Å². The summed E-state index contributed by atoms with van der Waals surface area (Å²) in [5.74, 6) is 2.49. The van der Waals surface area contributed by atoms with E-state index in [1.54, 1.807) is 0 Å². The van der Waals surface area contributed by atoms with Crippen LogP contribution in [0.3, 0.4) is 0 Å². The Bertz CT molecular complexity index is 607. The maximum absolute atomic E-state index is 5.28. The predicted molar refractivity (Wildman–Crippen MR) is 95.1 cm³/mol. The Labute approximate surface area is 144 Å². The highest BCUT2D eigenvalue weighted by atomic mass is 16.5. The number of nitrogens with zero attached hydrogens (tertiary/aromatic N) is 2. The zero-order valence-corrected chi connectivity index (χ0v) is 14.7.